The van der Waals surface area contributed by atoms with Crippen LogP contribution in [0.25, 0.3) is 0 Å². The van der Waals surface area contributed by atoms with Gasteiger partial charge in [-0.1, -0.05) is 12.1 Å². The Hall–Kier alpha value is -2.04. The first kappa shape index (κ1) is 15.0. The molecule has 0 radical (unpaired) electrons. The van der Waals surface area contributed by atoms with E-state index in [9.17, 15) is 9.59 Å². The lowest BCUT2D eigenvalue weighted by Gasteiger charge is -2.18. The van der Waals surface area contributed by atoms with Crippen molar-refractivity contribution >= 4 is 11.9 Å². The smallest absolute Gasteiger partial charge is 0.323 e. The number of carbonyl (C=O) groups is 2. The molecule has 0 atom stereocenters. The molecule has 0 aliphatic carbocycles. The van der Waals surface area contributed by atoms with Crippen LogP contribution >= 0.6 is 0 Å². The number of likely N-dealkylation sites (N-methyl/N-ethyl adjacent to an activating group) is 1. The van der Waals surface area contributed by atoms with E-state index in [1.165, 1.54) is 4.90 Å². The summed E-state index contributed by atoms with van der Waals surface area (Å²) in [6.07, 6.45) is 0.178. The number of aryl methyl sites for hydroxylation is 1. The average Bonchev–Trinajstić information content (AvgIpc) is 2.37. The van der Waals surface area contributed by atoms with E-state index in [-0.39, 0.29) is 18.9 Å². The largest absolute Gasteiger partial charge is 0.496 e. The summed E-state index contributed by atoms with van der Waals surface area (Å²) in [5, 5.41) is 8.73. The summed E-state index contributed by atoms with van der Waals surface area (Å²) >= 11 is 0. The van der Waals surface area contributed by atoms with Gasteiger partial charge in [0, 0.05) is 6.54 Å². The number of methoxy groups -OCH3 is 1. The number of carboxylic acids is 1. The van der Waals surface area contributed by atoms with E-state index in [1.807, 2.05) is 25.1 Å². The van der Waals surface area contributed by atoms with E-state index in [1.54, 1.807) is 14.0 Å². The van der Waals surface area contributed by atoms with Crippen LogP contribution < -0.4 is 4.74 Å². The number of carboxylic acid groups (broad SMARTS) is 1. The standard InChI is InChI=1S/C14H19NO4/c1-4-15(9-14(17)18)13(16)8-11-6-5-10(2)12(7-11)19-3/h5-7H,4,8-9H2,1-3H3,(H,17,18). The van der Waals surface area contributed by atoms with E-state index in [0.717, 1.165) is 16.9 Å². The molecule has 1 aromatic carbocycles. The maximum Gasteiger partial charge on any atom is 0.323 e. The number of aliphatic carboxylic acids is 1. The fraction of sp³-hybridized carbons (Fsp3) is 0.429. The third-order valence-electron chi connectivity index (χ3n) is 2.89. The fourth-order valence-electron chi connectivity index (χ4n) is 1.80. The molecule has 0 unspecified atom stereocenters. The highest BCUT2D eigenvalue weighted by Gasteiger charge is 2.15. The SMILES string of the molecule is CCN(CC(=O)O)C(=O)Cc1ccc(C)c(OC)c1. The topological polar surface area (TPSA) is 66.8 Å². The van der Waals surface area contributed by atoms with E-state index < -0.39 is 5.97 Å². The molecule has 1 aromatic rings. The molecule has 0 bridgehead atoms. The van der Waals surface area contributed by atoms with E-state index in [0.29, 0.717) is 6.54 Å². The van der Waals surface area contributed by atoms with E-state index in [4.69, 9.17) is 9.84 Å². The molecule has 1 amide bonds. The normalized spacial score (nSPS) is 10.1. The number of benzene rings is 1. The third-order valence-corrected chi connectivity index (χ3v) is 2.89. The van der Waals surface area contributed by atoms with Crippen LogP contribution in [0, 0.1) is 6.92 Å². The van der Waals surface area contributed by atoms with E-state index in [2.05, 4.69) is 0 Å². The molecule has 1 N–H and O–H groups in total. The predicted molar refractivity (Wildman–Crippen MR) is 71.3 cm³/mol. The molecule has 5 heteroatoms. The Morgan fingerprint density at radius 1 is 1.37 bits per heavy atom. The van der Waals surface area contributed by atoms with Gasteiger partial charge < -0.3 is 14.7 Å². The number of carbonyl (C=O) groups excluding carboxylic acids is 1. The van der Waals surface area contributed by atoms with Gasteiger partial charge >= 0.3 is 5.97 Å². The first-order chi connectivity index (χ1) is 8.97. The first-order valence-corrected chi connectivity index (χ1v) is 6.11. The van der Waals surface area contributed by atoms with E-state index >= 15 is 0 Å². The van der Waals surface area contributed by atoms with Crippen molar-refractivity contribution in [3.8, 4) is 5.75 Å². The number of amides is 1. The lowest BCUT2D eigenvalue weighted by atomic mass is 10.1. The van der Waals surface area contributed by atoms with Gasteiger partial charge in [-0.15, -0.1) is 0 Å². The fourth-order valence-corrected chi connectivity index (χ4v) is 1.80. The summed E-state index contributed by atoms with van der Waals surface area (Å²) in [4.78, 5) is 24.0. The molecule has 0 spiro atoms. The summed E-state index contributed by atoms with van der Waals surface area (Å²) in [7, 11) is 1.58. The quantitative estimate of drug-likeness (QED) is 0.846. The third kappa shape index (κ3) is 4.28. The van der Waals surface area contributed by atoms with Crippen molar-refractivity contribution < 1.29 is 19.4 Å². The molecule has 0 aromatic heterocycles. The zero-order valence-electron chi connectivity index (χ0n) is 11.5. The number of ether oxygens (including phenoxy) is 1. The summed E-state index contributed by atoms with van der Waals surface area (Å²) < 4.78 is 5.20. The average molecular weight is 265 g/mol. The number of rotatable bonds is 6. The van der Waals surface area contributed by atoms with Crippen LogP contribution in [0.4, 0.5) is 0 Å². The highest BCUT2D eigenvalue weighted by Crippen LogP contribution is 2.19. The summed E-state index contributed by atoms with van der Waals surface area (Å²) in [6, 6.07) is 5.54. The van der Waals surface area contributed by atoms with Crippen LogP contribution in [0.3, 0.4) is 0 Å². The van der Waals surface area contributed by atoms with Crippen LogP contribution in [-0.4, -0.2) is 42.1 Å². The van der Waals surface area contributed by atoms with Crippen molar-refractivity contribution in [2.45, 2.75) is 20.3 Å². The molecule has 1 rings (SSSR count). The van der Waals surface area contributed by atoms with Gasteiger partial charge in [0.1, 0.15) is 12.3 Å². The summed E-state index contributed by atoms with van der Waals surface area (Å²) in [5.74, 6) is -0.473. The van der Waals surface area contributed by atoms with Gasteiger partial charge in [-0.3, -0.25) is 9.59 Å². The van der Waals surface area contributed by atoms with Gasteiger partial charge in [0.2, 0.25) is 5.91 Å². The maximum atomic E-state index is 12.0. The first-order valence-electron chi connectivity index (χ1n) is 6.11. The van der Waals surface area contributed by atoms with Crippen LogP contribution in [-0.2, 0) is 16.0 Å². The van der Waals surface area contributed by atoms with Gasteiger partial charge in [0.05, 0.1) is 13.5 Å². The minimum absolute atomic E-state index is 0.178. The summed E-state index contributed by atoms with van der Waals surface area (Å²) in [5.41, 5.74) is 1.81. The molecular formula is C14H19NO4. The Balaban J connectivity index is 2.78. The molecule has 0 saturated carbocycles. The van der Waals surface area contributed by atoms with Gasteiger partial charge in [0.15, 0.2) is 0 Å². The van der Waals surface area contributed by atoms with Crippen molar-refractivity contribution in [3.05, 3.63) is 29.3 Å². The lowest BCUT2D eigenvalue weighted by molar-refractivity contribution is -0.144. The molecule has 0 aliphatic rings. The minimum Gasteiger partial charge on any atom is -0.496 e. The molecular weight excluding hydrogens is 246 g/mol. The predicted octanol–water partition coefficient (Wildman–Crippen LogP) is 1.48. The lowest BCUT2D eigenvalue weighted by Crippen LogP contribution is -2.36. The maximum absolute atomic E-state index is 12.0. The Kier molecular flexibility index (Phi) is 5.36. The Labute approximate surface area is 112 Å². The van der Waals surface area contributed by atoms with Crippen molar-refractivity contribution in [1.82, 2.24) is 4.90 Å². The second kappa shape index (κ2) is 6.78. The Bertz CT molecular complexity index is 471. The van der Waals surface area contributed by atoms with Gasteiger partial charge in [-0.2, -0.15) is 0 Å². The highest BCUT2D eigenvalue weighted by molar-refractivity contribution is 5.83. The van der Waals surface area contributed by atoms with Crippen molar-refractivity contribution in [2.24, 2.45) is 0 Å². The van der Waals surface area contributed by atoms with Gasteiger partial charge in [-0.05, 0) is 31.0 Å². The van der Waals surface area contributed by atoms with Gasteiger partial charge in [-0.25, -0.2) is 0 Å². The number of nitrogens with zero attached hydrogens (tertiary/aromatic N) is 1. The zero-order valence-corrected chi connectivity index (χ0v) is 11.5. The number of hydrogen-bond acceptors (Lipinski definition) is 3. The second-order valence-corrected chi connectivity index (χ2v) is 4.28. The second-order valence-electron chi connectivity index (χ2n) is 4.28. The summed E-state index contributed by atoms with van der Waals surface area (Å²) in [6.45, 7) is 3.80. The molecule has 0 fully saturated rings. The highest BCUT2D eigenvalue weighted by atomic mass is 16.5. The number of hydrogen-bond donors (Lipinski definition) is 1. The van der Waals surface area contributed by atoms with Gasteiger partial charge in [0.25, 0.3) is 0 Å². The molecule has 104 valence electrons. The monoisotopic (exact) mass is 265 g/mol. The van der Waals surface area contributed by atoms with Crippen LogP contribution in [0.5, 0.6) is 5.75 Å². The van der Waals surface area contributed by atoms with Crippen molar-refractivity contribution in [1.29, 1.82) is 0 Å². The van der Waals surface area contributed by atoms with Crippen LogP contribution in [0.15, 0.2) is 18.2 Å². The molecule has 0 heterocycles. The molecule has 5 nitrogen and oxygen atoms in total. The van der Waals surface area contributed by atoms with Crippen LogP contribution in [0.1, 0.15) is 18.1 Å². The Morgan fingerprint density at radius 2 is 2.05 bits per heavy atom. The Morgan fingerprint density at radius 3 is 2.58 bits per heavy atom. The van der Waals surface area contributed by atoms with Crippen molar-refractivity contribution in [3.63, 3.8) is 0 Å². The molecule has 0 saturated heterocycles. The van der Waals surface area contributed by atoms with Crippen LogP contribution in [0.2, 0.25) is 0 Å². The minimum atomic E-state index is -1.00. The molecule has 0 aliphatic heterocycles. The molecule has 19 heavy (non-hydrogen) atoms. The zero-order chi connectivity index (χ0) is 14.4. The van der Waals surface area contributed by atoms with Crippen molar-refractivity contribution in [2.75, 3.05) is 20.2 Å².